The number of benzene rings is 1. The lowest BCUT2D eigenvalue weighted by molar-refractivity contribution is -0.0579. The number of hydrogen-bond donors (Lipinski definition) is 3. The van der Waals surface area contributed by atoms with E-state index in [4.69, 9.17) is 21.1 Å². The van der Waals surface area contributed by atoms with Crippen molar-refractivity contribution in [2.45, 2.75) is 57.2 Å². The summed E-state index contributed by atoms with van der Waals surface area (Å²) in [6.07, 6.45) is 2.34. The Kier molecular flexibility index (Phi) is 7.92. The van der Waals surface area contributed by atoms with Gasteiger partial charge in [-0.2, -0.15) is 4.98 Å². The molecule has 0 radical (unpaired) electrons. The smallest absolute Gasteiger partial charge is 0.410 e. The second kappa shape index (κ2) is 11.5. The summed E-state index contributed by atoms with van der Waals surface area (Å²) >= 11 is 6.49. The number of anilines is 4. The third-order valence-electron chi connectivity index (χ3n) is 8.21. The number of pyridine rings is 1. The van der Waals surface area contributed by atoms with Crippen molar-refractivity contribution in [3.63, 3.8) is 0 Å². The van der Waals surface area contributed by atoms with Gasteiger partial charge in [-0.3, -0.25) is 4.79 Å². The van der Waals surface area contributed by atoms with E-state index in [2.05, 4.69) is 20.6 Å². The third-order valence-corrected chi connectivity index (χ3v) is 8.48. The van der Waals surface area contributed by atoms with Crippen LogP contribution in [-0.4, -0.2) is 87.1 Å². The van der Waals surface area contributed by atoms with Crippen LogP contribution in [0.25, 0.3) is 10.9 Å². The Morgan fingerprint density at radius 3 is 2.73 bits per heavy atom. The summed E-state index contributed by atoms with van der Waals surface area (Å²) in [4.78, 5) is 38.1. The number of nitrogens with zero attached hydrogens (tertiary/aromatic N) is 5. The fourth-order valence-corrected chi connectivity index (χ4v) is 5.91. The molecular formula is C30H36ClF2N7O5. The highest BCUT2D eigenvalue weighted by Crippen LogP contribution is 2.45. The maximum absolute atomic E-state index is 15.0. The van der Waals surface area contributed by atoms with Crippen molar-refractivity contribution in [3.05, 3.63) is 39.8 Å². The Balaban J connectivity index is 1.29. The van der Waals surface area contributed by atoms with Gasteiger partial charge < -0.3 is 39.6 Å². The van der Waals surface area contributed by atoms with Crippen LogP contribution in [0.4, 0.5) is 36.7 Å². The van der Waals surface area contributed by atoms with Gasteiger partial charge in [-0.15, -0.1) is 0 Å². The first-order chi connectivity index (χ1) is 21.3. The van der Waals surface area contributed by atoms with E-state index in [1.807, 2.05) is 0 Å². The fourth-order valence-electron chi connectivity index (χ4n) is 5.77. The van der Waals surface area contributed by atoms with Crippen molar-refractivity contribution >= 4 is 51.7 Å². The molecule has 3 aromatic rings. The molecule has 0 spiro atoms. The molecule has 242 valence electrons. The number of amides is 1. The zero-order valence-corrected chi connectivity index (χ0v) is 26.2. The molecule has 15 heteroatoms. The number of hydrogen-bond acceptors (Lipinski definition) is 10. The fraction of sp³-hybridized carbons (Fsp3) is 0.533. The average Bonchev–Trinajstić information content (AvgIpc) is 3.83. The Morgan fingerprint density at radius 1 is 1.29 bits per heavy atom. The molecule has 4 heterocycles. The highest BCUT2D eigenvalue weighted by atomic mass is 35.5. The zero-order valence-electron chi connectivity index (χ0n) is 25.4. The van der Waals surface area contributed by atoms with Crippen LogP contribution in [0.2, 0.25) is 5.02 Å². The molecule has 1 aliphatic carbocycles. The van der Waals surface area contributed by atoms with Crippen LogP contribution < -0.4 is 25.8 Å². The molecule has 12 nitrogen and oxygen atoms in total. The van der Waals surface area contributed by atoms with Crippen LogP contribution in [0.15, 0.2) is 29.2 Å². The molecule has 3 N–H and O–H groups in total. The highest BCUT2D eigenvalue weighted by Gasteiger charge is 2.51. The molecule has 1 saturated carbocycles. The molecule has 1 aromatic carbocycles. The number of aromatic nitrogens is 3. The van der Waals surface area contributed by atoms with E-state index < -0.39 is 41.9 Å². The standard InChI is InChI=1S/C30H36ClF2N7O5/c1-29(2,3)45-28(43)39-9-10-40(18(13-39)14-41)27-34-12-20(31)25(37-27)35-17-7-8-21-19(11-17)22-23(26(42)38(21)4)44-15-30(32,33)24(36-22)16-5-6-16/h7-8,11-12,16,18,24,36,41H,5-6,9-10,13-15H2,1-4H3,(H,34,35,37)/t18-,24+/m1/s1. The van der Waals surface area contributed by atoms with Crippen molar-refractivity contribution in [1.82, 2.24) is 19.4 Å². The lowest BCUT2D eigenvalue weighted by atomic mass is 10.0. The molecule has 1 amide bonds. The highest BCUT2D eigenvalue weighted by molar-refractivity contribution is 6.33. The number of ether oxygens (including phenoxy) is 2. The summed E-state index contributed by atoms with van der Waals surface area (Å²) in [5.41, 5.74) is 0.138. The Labute approximate surface area is 263 Å². The van der Waals surface area contributed by atoms with Gasteiger partial charge in [-0.25, -0.2) is 18.6 Å². The molecule has 2 fully saturated rings. The monoisotopic (exact) mass is 647 g/mol. The van der Waals surface area contributed by atoms with Crippen LogP contribution in [0.5, 0.6) is 5.75 Å². The van der Waals surface area contributed by atoms with Crippen molar-refractivity contribution in [1.29, 1.82) is 0 Å². The minimum atomic E-state index is -3.15. The number of carbonyl (C=O) groups is 1. The summed E-state index contributed by atoms with van der Waals surface area (Å²) in [6, 6.07) is 3.53. The summed E-state index contributed by atoms with van der Waals surface area (Å²) < 4.78 is 42.3. The van der Waals surface area contributed by atoms with Gasteiger partial charge in [0.2, 0.25) is 11.7 Å². The first kappa shape index (κ1) is 31.1. The lowest BCUT2D eigenvalue weighted by Gasteiger charge is -2.40. The van der Waals surface area contributed by atoms with Crippen LogP contribution in [0, 0.1) is 5.92 Å². The number of piperazine rings is 1. The first-order valence-corrected chi connectivity index (χ1v) is 15.2. The number of nitrogens with one attached hydrogen (secondary N) is 2. The number of aliphatic hydroxyl groups excluding tert-OH is 1. The lowest BCUT2D eigenvalue weighted by Crippen LogP contribution is -2.57. The average molecular weight is 648 g/mol. The van der Waals surface area contributed by atoms with Gasteiger partial charge in [0.15, 0.2) is 12.4 Å². The number of aryl methyl sites for hydroxylation is 1. The molecule has 3 aliphatic rings. The maximum atomic E-state index is 15.0. The third kappa shape index (κ3) is 6.17. The number of fused-ring (bicyclic) bond motifs is 3. The van der Waals surface area contributed by atoms with E-state index in [-0.39, 0.29) is 41.3 Å². The minimum Gasteiger partial charge on any atom is -0.480 e. The van der Waals surface area contributed by atoms with Crippen LogP contribution in [0.3, 0.4) is 0 Å². The SMILES string of the molecule is Cn1c(=O)c2c(c3cc(Nc4nc(N5CCN(C(=O)OC(C)(C)C)C[C@@H]5CO)ncc4Cl)ccc31)N[C@@H](C1CC1)C(F)(F)CO2. The number of aliphatic hydroxyl groups is 1. The molecule has 0 bridgehead atoms. The van der Waals surface area contributed by atoms with Gasteiger partial charge in [0.05, 0.1) is 36.1 Å². The van der Waals surface area contributed by atoms with Gasteiger partial charge in [-0.1, -0.05) is 11.6 Å². The Bertz CT molecular complexity index is 1690. The predicted octanol–water partition coefficient (Wildman–Crippen LogP) is 4.36. The molecule has 6 rings (SSSR count). The summed E-state index contributed by atoms with van der Waals surface area (Å²) in [5, 5.41) is 17.1. The van der Waals surface area contributed by atoms with E-state index in [1.165, 1.54) is 10.8 Å². The van der Waals surface area contributed by atoms with Gasteiger partial charge in [0, 0.05) is 37.8 Å². The van der Waals surface area contributed by atoms with Gasteiger partial charge in [0.1, 0.15) is 10.6 Å². The van der Waals surface area contributed by atoms with E-state index in [0.717, 1.165) is 0 Å². The summed E-state index contributed by atoms with van der Waals surface area (Å²) in [7, 11) is 1.57. The van der Waals surface area contributed by atoms with Crippen molar-refractivity contribution in [2.75, 3.05) is 48.4 Å². The first-order valence-electron chi connectivity index (χ1n) is 14.8. The molecule has 1 saturated heterocycles. The Hall–Kier alpha value is -3.91. The van der Waals surface area contributed by atoms with Crippen molar-refractivity contribution in [2.24, 2.45) is 13.0 Å². The summed E-state index contributed by atoms with van der Waals surface area (Å²) in [6.45, 7) is 5.14. The largest absolute Gasteiger partial charge is 0.480 e. The number of carbonyl (C=O) groups excluding carboxylic acids is 1. The second-order valence-corrected chi connectivity index (χ2v) is 13.2. The molecule has 2 aromatic heterocycles. The van der Waals surface area contributed by atoms with E-state index >= 15 is 8.78 Å². The Morgan fingerprint density at radius 2 is 2.04 bits per heavy atom. The molecule has 45 heavy (non-hydrogen) atoms. The van der Waals surface area contributed by atoms with E-state index in [1.54, 1.807) is 55.8 Å². The second-order valence-electron chi connectivity index (χ2n) is 12.8. The molecule has 0 unspecified atom stereocenters. The maximum Gasteiger partial charge on any atom is 0.410 e. The number of halogens is 3. The minimum absolute atomic E-state index is 0.145. The van der Waals surface area contributed by atoms with Gasteiger partial charge in [-0.05, 0) is 57.7 Å². The topological polar surface area (TPSA) is 134 Å². The zero-order chi connectivity index (χ0) is 32.3. The molecular weight excluding hydrogens is 612 g/mol. The molecule has 2 atom stereocenters. The normalized spacial score (nSPS) is 21.4. The van der Waals surface area contributed by atoms with Gasteiger partial charge >= 0.3 is 12.0 Å². The van der Waals surface area contributed by atoms with E-state index in [0.29, 0.717) is 48.5 Å². The van der Waals surface area contributed by atoms with Crippen molar-refractivity contribution in [3.8, 4) is 5.75 Å². The van der Waals surface area contributed by atoms with Crippen LogP contribution in [-0.2, 0) is 11.8 Å². The molecule has 2 aliphatic heterocycles. The predicted molar refractivity (Wildman–Crippen MR) is 166 cm³/mol. The van der Waals surface area contributed by atoms with Crippen LogP contribution >= 0.6 is 11.6 Å². The number of alkyl halides is 2. The van der Waals surface area contributed by atoms with Gasteiger partial charge in [0.25, 0.3) is 5.56 Å². The number of rotatable bonds is 5. The van der Waals surface area contributed by atoms with E-state index in [9.17, 15) is 14.7 Å². The van der Waals surface area contributed by atoms with Crippen LogP contribution in [0.1, 0.15) is 33.6 Å². The van der Waals surface area contributed by atoms with Crippen molar-refractivity contribution < 1.29 is 28.2 Å². The summed E-state index contributed by atoms with van der Waals surface area (Å²) in [5.74, 6) is -2.93. The quantitative estimate of drug-likeness (QED) is 0.367.